The van der Waals surface area contributed by atoms with Gasteiger partial charge in [0.2, 0.25) is 0 Å². The SMILES string of the molecule is O=C(c1cc2c(s1)C1(CCNCC1)OCC2)N1CCCC2(CCc3cn[nH]c32)C1. The molecule has 2 N–H and O–H groups in total. The van der Waals surface area contributed by atoms with Crippen LogP contribution in [0, 0.1) is 0 Å². The van der Waals surface area contributed by atoms with Crippen molar-refractivity contribution in [1.29, 1.82) is 0 Å². The maximum atomic E-state index is 13.5. The molecule has 6 rings (SSSR count). The second-order valence-electron chi connectivity index (χ2n) is 9.19. The number of fused-ring (bicyclic) bond motifs is 4. The number of nitrogens with one attached hydrogen (secondary N) is 2. The van der Waals surface area contributed by atoms with Crippen LogP contribution in [0.25, 0.3) is 0 Å². The Labute approximate surface area is 175 Å². The number of piperidine rings is 2. The average Bonchev–Trinajstić information content (AvgIpc) is 3.46. The second kappa shape index (κ2) is 6.65. The highest BCUT2D eigenvalue weighted by molar-refractivity contribution is 7.14. The van der Waals surface area contributed by atoms with Gasteiger partial charge in [-0.25, -0.2) is 0 Å². The molecule has 1 unspecified atom stereocenters. The summed E-state index contributed by atoms with van der Waals surface area (Å²) in [4.78, 5) is 17.9. The number of H-pyrrole nitrogens is 1. The predicted octanol–water partition coefficient (Wildman–Crippen LogP) is 2.74. The van der Waals surface area contributed by atoms with Crippen LogP contribution in [0.1, 0.15) is 63.5 Å². The molecule has 6 nitrogen and oxygen atoms in total. The summed E-state index contributed by atoms with van der Waals surface area (Å²) >= 11 is 1.70. The first kappa shape index (κ1) is 18.1. The van der Waals surface area contributed by atoms with Gasteiger partial charge in [0.1, 0.15) is 5.60 Å². The molecule has 3 aliphatic heterocycles. The van der Waals surface area contributed by atoms with Gasteiger partial charge in [-0.15, -0.1) is 11.3 Å². The zero-order valence-corrected chi connectivity index (χ0v) is 17.6. The van der Waals surface area contributed by atoms with E-state index in [1.165, 1.54) is 21.7 Å². The van der Waals surface area contributed by atoms with Crippen molar-refractivity contribution in [3.05, 3.63) is 38.8 Å². The molecular formula is C22H28N4O2S. The molecule has 1 atom stereocenters. The lowest BCUT2D eigenvalue weighted by Crippen LogP contribution is -2.47. The summed E-state index contributed by atoms with van der Waals surface area (Å²) in [7, 11) is 0. The zero-order valence-electron chi connectivity index (χ0n) is 16.8. The van der Waals surface area contributed by atoms with E-state index in [0.29, 0.717) is 0 Å². The number of thiophene rings is 1. The molecule has 2 aromatic rings. The molecule has 0 saturated carbocycles. The van der Waals surface area contributed by atoms with Crippen LogP contribution in [0.15, 0.2) is 12.3 Å². The molecule has 0 radical (unpaired) electrons. The highest BCUT2D eigenvalue weighted by Crippen LogP contribution is 2.46. The van der Waals surface area contributed by atoms with E-state index in [4.69, 9.17) is 4.74 Å². The maximum absolute atomic E-state index is 13.5. The molecule has 2 aromatic heterocycles. The van der Waals surface area contributed by atoms with Crippen LogP contribution in [0.4, 0.5) is 0 Å². The fourth-order valence-electron chi connectivity index (χ4n) is 6.06. The molecule has 0 aromatic carbocycles. The summed E-state index contributed by atoms with van der Waals surface area (Å²) in [6.45, 7) is 4.42. The van der Waals surface area contributed by atoms with E-state index in [0.717, 1.165) is 82.6 Å². The van der Waals surface area contributed by atoms with Crippen molar-refractivity contribution in [3.8, 4) is 0 Å². The minimum atomic E-state index is -0.165. The van der Waals surface area contributed by atoms with Gasteiger partial charge in [-0.3, -0.25) is 9.89 Å². The fourth-order valence-corrected chi connectivity index (χ4v) is 7.44. The summed E-state index contributed by atoms with van der Waals surface area (Å²) in [5, 5.41) is 11.0. The number of rotatable bonds is 1. The molecule has 29 heavy (non-hydrogen) atoms. The van der Waals surface area contributed by atoms with E-state index in [9.17, 15) is 4.79 Å². The summed E-state index contributed by atoms with van der Waals surface area (Å²) in [5.41, 5.74) is 3.88. The molecule has 2 fully saturated rings. The van der Waals surface area contributed by atoms with Gasteiger partial charge in [-0.2, -0.15) is 5.10 Å². The van der Waals surface area contributed by atoms with Crippen molar-refractivity contribution in [2.45, 2.75) is 56.0 Å². The third kappa shape index (κ3) is 2.74. The van der Waals surface area contributed by atoms with Crippen LogP contribution in [-0.4, -0.2) is 53.8 Å². The molecule has 0 bridgehead atoms. The summed E-state index contributed by atoms with van der Waals surface area (Å²) < 4.78 is 6.31. The number of aromatic amines is 1. The van der Waals surface area contributed by atoms with E-state index in [-0.39, 0.29) is 16.9 Å². The van der Waals surface area contributed by atoms with Gasteiger partial charge in [0.25, 0.3) is 5.91 Å². The van der Waals surface area contributed by atoms with Crippen LogP contribution in [-0.2, 0) is 28.6 Å². The van der Waals surface area contributed by atoms with E-state index >= 15 is 0 Å². The summed E-state index contributed by atoms with van der Waals surface area (Å²) in [6.07, 6.45) is 9.32. The monoisotopic (exact) mass is 412 g/mol. The Bertz CT molecular complexity index is 945. The first-order chi connectivity index (χ1) is 14.2. The van der Waals surface area contributed by atoms with Crippen molar-refractivity contribution >= 4 is 17.2 Å². The molecule has 5 heterocycles. The van der Waals surface area contributed by atoms with Gasteiger partial charge < -0.3 is 15.0 Å². The predicted molar refractivity (Wildman–Crippen MR) is 111 cm³/mol. The summed E-state index contributed by atoms with van der Waals surface area (Å²) in [6, 6.07) is 2.17. The summed E-state index contributed by atoms with van der Waals surface area (Å²) in [5.74, 6) is 0.209. The highest BCUT2D eigenvalue weighted by Gasteiger charge is 2.45. The average molecular weight is 413 g/mol. The van der Waals surface area contributed by atoms with Gasteiger partial charge in [0.15, 0.2) is 0 Å². The third-order valence-corrected chi connectivity index (χ3v) is 8.93. The van der Waals surface area contributed by atoms with Crippen LogP contribution in [0.2, 0.25) is 0 Å². The first-order valence-corrected chi connectivity index (χ1v) is 11.8. The Hall–Kier alpha value is -1.70. The normalized spacial score (nSPS) is 27.9. The molecule has 2 saturated heterocycles. The van der Waals surface area contributed by atoms with Gasteiger partial charge in [0.05, 0.1) is 17.7 Å². The minimum absolute atomic E-state index is 0.0794. The van der Waals surface area contributed by atoms with Crippen LogP contribution >= 0.6 is 11.3 Å². The Morgan fingerprint density at radius 1 is 1.17 bits per heavy atom. The number of hydrogen-bond acceptors (Lipinski definition) is 5. The number of nitrogens with zero attached hydrogens (tertiary/aromatic N) is 2. The quantitative estimate of drug-likeness (QED) is 0.756. The smallest absolute Gasteiger partial charge is 0.263 e. The highest BCUT2D eigenvalue weighted by atomic mass is 32.1. The number of carbonyl (C=O) groups is 1. The Balaban J connectivity index is 1.28. The van der Waals surface area contributed by atoms with E-state index in [1.54, 1.807) is 11.3 Å². The molecule has 1 aliphatic carbocycles. The van der Waals surface area contributed by atoms with Crippen molar-refractivity contribution in [3.63, 3.8) is 0 Å². The van der Waals surface area contributed by atoms with Gasteiger partial charge in [-0.05, 0) is 75.2 Å². The zero-order chi connectivity index (χ0) is 19.5. The lowest BCUT2D eigenvalue weighted by atomic mass is 9.77. The van der Waals surface area contributed by atoms with Crippen molar-refractivity contribution < 1.29 is 9.53 Å². The molecular weight excluding hydrogens is 384 g/mol. The van der Waals surface area contributed by atoms with Gasteiger partial charge >= 0.3 is 0 Å². The molecule has 2 spiro atoms. The van der Waals surface area contributed by atoms with Crippen LogP contribution in [0.3, 0.4) is 0 Å². The van der Waals surface area contributed by atoms with Crippen LogP contribution in [0.5, 0.6) is 0 Å². The van der Waals surface area contributed by atoms with Crippen LogP contribution < -0.4 is 5.32 Å². The second-order valence-corrected chi connectivity index (χ2v) is 10.2. The molecule has 7 heteroatoms. The number of aromatic nitrogens is 2. The minimum Gasteiger partial charge on any atom is -0.369 e. The Morgan fingerprint density at radius 2 is 2.07 bits per heavy atom. The van der Waals surface area contributed by atoms with E-state index in [1.807, 2.05) is 6.20 Å². The number of hydrogen-bond donors (Lipinski definition) is 2. The van der Waals surface area contributed by atoms with Crippen molar-refractivity contribution in [2.24, 2.45) is 0 Å². The maximum Gasteiger partial charge on any atom is 0.263 e. The number of amides is 1. The Kier molecular flexibility index (Phi) is 4.15. The van der Waals surface area contributed by atoms with E-state index in [2.05, 4.69) is 26.5 Å². The number of ether oxygens (including phenoxy) is 1. The van der Waals surface area contributed by atoms with Gasteiger partial charge in [0, 0.05) is 29.1 Å². The van der Waals surface area contributed by atoms with Crippen molar-refractivity contribution in [1.82, 2.24) is 20.4 Å². The number of carbonyl (C=O) groups excluding carboxylic acids is 1. The number of aryl methyl sites for hydroxylation is 1. The lowest BCUT2D eigenvalue weighted by molar-refractivity contribution is -0.0771. The first-order valence-electron chi connectivity index (χ1n) is 11.0. The fraction of sp³-hybridized carbons (Fsp3) is 0.636. The van der Waals surface area contributed by atoms with Crippen molar-refractivity contribution in [2.75, 3.05) is 32.8 Å². The third-order valence-electron chi connectivity index (χ3n) is 7.58. The van der Waals surface area contributed by atoms with Gasteiger partial charge in [-0.1, -0.05) is 0 Å². The molecule has 1 amide bonds. The molecule has 154 valence electrons. The Morgan fingerprint density at radius 3 is 2.97 bits per heavy atom. The largest absolute Gasteiger partial charge is 0.369 e. The van der Waals surface area contributed by atoms with E-state index < -0.39 is 0 Å². The lowest BCUT2D eigenvalue weighted by Gasteiger charge is -2.40. The number of likely N-dealkylation sites (tertiary alicyclic amines) is 1. The molecule has 4 aliphatic rings. The topological polar surface area (TPSA) is 70.2 Å². The standard InChI is InChI=1S/C22H28N4O2S/c27-20(26-10-1-4-21(14-26)5-2-16-13-24-25-18(16)21)17-12-15-3-11-28-22(19(15)29-17)6-8-23-9-7-22/h12-13,23H,1-11,14H2,(H,24,25).